The third kappa shape index (κ3) is 3.30. The number of amides is 1. The van der Waals surface area contributed by atoms with Gasteiger partial charge in [0.2, 0.25) is 5.78 Å². The fraction of sp³-hybridized carbons (Fsp3) is 0.160. The Morgan fingerprint density at radius 2 is 1.97 bits per heavy atom. The molecule has 7 nitrogen and oxygen atoms in total. The minimum Gasteiger partial charge on any atom is -0.503 e. The van der Waals surface area contributed by atoms with Crippen LogP contribution in [-0.4, -0.2) is 28.9 Å². The number of furan rings is 1. The van der Waals surface area contributed by atoms with E-state index < -0.39 is 23.5 Å². The lowest BCUT2D eigenvalue weighted by Gasteiger charge is -2.25. The highest BCUT2D eigenvalue weighted by atomic mass is 32.1. The number of benzene rings is 2. The van der Waals surface area contributed by atoms with E-state index in [0.29, 0.717) is 16.4 Å². The van der Waals surface area contributed by atoms with Crippen molar-refractivity contribution < 1.29 is 23.8 Å². The number of aryl methyl sites for hydroxylation is 2. The lowest BCUT2D eigenvalue weighted by atomic mass is 9.94. The van der Waals surface area contributed by atoms with Gasteiger partial charge < -0.3 is 14.3 Å². The monoisotopic (exact) mass is 460 g/mol. The van der Waals surface area contributed by atoms with Gasteiger partial charge in [0, 0.05) is 5.56 Å². The number of aromatic nitrogens is 1. The van der Waals surface area contributed by atoms with E-state index in [-0.39, 0.29) is 11.3 Å². The summed E-state index contributed by atoms with van der Waals surface area (Å²) in [6.45, 7) is 3.96. The Kier molecular flexibility index (Phi) is 5.02. The number of nitrogens with zero attached hydrogens (tertiary/aromatic N) is 2. The Hall–Kier alpha value is -3.91. The number of hydrogen-bond acceptors (Lipinski definition) is 7. The summed E-state index contributed by atoms with van der Waals surface area (Å²) in [4.78, 5) is 32.8. The van der Waals surface area contributed by atoms with E-state index in [9.17, 15) is 14.7 Å². The van der Waals surface area contributed by atoms with Crippen LogP contribution in [0.2, 0.25) is 0 Å². The maximum Gasteiger partial charge on any atom is 0.296 e. The second kappa shape index (κ2) is 7.90. The van der Waals surface area contributed by atoms with Gasteiger partial charge >= 0.3 is 0 Å². The zero-order valence-corrected chi connectivity index (χ0v) is 19.0. The number of fused-ring (bicyclic) bond motifs is 1. The lowest BCUT2D eigenvalue weighted by molar-refractivity contribution is -0.117. The number of ether oxygens (including phenoxy) is 1. The molecular formula is C25H20N2O5S. The number of anilines is 1. The first kappa shape index (κ1) is 21.0. The molecule has 0 bridgehead atoms. The third-order valence-electron chi connectivity index (χ3n) is 5.66. The average molecular weight is 461 g/mol. The van der Waals surface area contributed by atoms with Gasteiger partial charge in [-0.05, 0) is 49.2 Å². The number of carbonyl (C=O) groups excluding carboxylic acids is 2. The molecule has 1 aliphatic heterocycles. The first-order chi connectivity index (χ1) is 15.9. The minimum absolute atomic E-state index is 0.0295. The molecule has 3 heterocycles. The van der Waals surface area contributed by atoms with E-state index in [1.54, 1.807) is 30.3 Å². The zero-order valence-electron chi connectivity index (χ0n) is 18.2. The summed E-state index contributed by atoms with van der Waals surface area (Å²) >= 11 is 1.33. The van der Waals surface area contributed by atoms with Crippen molar-refractivity contribution in [2.45, 2.75) is 19.9 Å². The number of hydrogen-bond donors (Lipinski definition) is 1. The first-order valence-corrected chi connectivity index (χ1v) is 11.1. The second-order valence-electron chi connectivity index (χ2n) is 7.81. The van der Waals surface area contributed by atoms with Crippen LogP contribution in [-0.2, 0) is 4.79 Å². The Morgan fingerprint density at radius 3 is 2.70 bits per heavy atom. The molecular weight excluding hydrogens is 440 g/mol. The molecule has 0 aliphatic carbocycles. The summed E-state index contributed by atoms with van der Waals surface area (Å²) in [6.07, 6.45) is 1.37. The van der Waals surface area contributed by atoms with E-state index in [1.165, 1.54) is 35.7 Å². The lowest BCUT2D eigenvalue weighted by Crippen LogP contribution is -2.31. The predicted octanol–water partition coefficient (Wildman–Crippen LogP) is 5.30. The molecule has 1 atom stereocenters. The summed E-state index contributed by atoms with van der Waals surface area (Å²) in [6, 6.07) is 13.3. The standard InChI is InChI=1S/C25H20N2O5S/c1-13-11-14(2)20-18(12-13)33-25(26-20)27-21(15-7-4-5-8-16(15)31-3)19(23(29)24(27)30)22(28)17-9-6-10-32-17/h4-12,21,29H,1-3H3. The van der Waals surface area contributed by atoms with Crippen LogP contribution in [0.25, 0.3) is 10.2 Å². The van der Waals surface area contributed by atoms with Crippen LogP contribution in [0.3, 0.4) is 0 Å². The van der Waals surface area contributed by atoms with Crippen molar-refractivity contribution in [1.82, 2.24) is 4.98 Å². The first-order valence-electron chi connectivity index (χ1n) is 10.3. The molecule has 166 valence electrons. The maximum absolute atomic E-state index is 13.4. The number of ketones is 1. The van der Waals surface area contributed by atoms with Gasteiger partial charge in [0.15, 0.2) is 16.7 Å². The van der Waals surface area contributed by atoms with Crippen molar-refractivity contribution in [2.24, 2.45) is 0 Å². The number of aliphatic hydroxyl groups is 1. The maximum atomic E-state index is 13.4. The molecule has 4 aromatic rings. The number of carbonyl (C=O) groups is 2. The smallest absolute Gasteiger partial charge is 0.296 e. The largest absolute Gasteiger partial charge is 0.503 e. The molecule has 1 aliphatic rings. The number of rotatable bonds is 5. The van der Waals surface area contributed by atoms with Gasteiger partial charge in [-0.1, -0.05) is 35.6 Å². The van der Waals surface area contributed by atoms with Gasteiger partial charge in [-0.3, -0.25) is 14.5 Å². The molecule has 0 radical (unpaired) electrons. The molecule has 33 heavy (non-hydrogen) atoms. The van der Waals surface area contributed by atoms with Gasteiger partial charge in [-0.2, -0.15) is 0 Å². The van der Waals surface area contributed by atoms with Crippen LogP contribution in [0.5, 0.6) is 5.75 Å². The Balaban J connectivity index is 1.73. The summed E-state index contributed by atoms with van der Waals surface area (Å²) in [5, 5.41) is 11.3. The molecule has 8 heteroatoms. The van der Waals surface area contributed by atoms with Crippen LogP contribution >= 0.6 is 11.3 Å². The fourth-order valence-electron chi connectivity index (χ4n) is 4.22. The van der Waals surface area contributed by atoms with Crippen LogP contribution < -0.4 is 9.64 Å². The summed E-state index contributed by atoms with van der Waals surface area (Å²) in [7, 11) is 1.52. The Bertz CT molecular complexity index is 1430. The molecule has 2 aromatic heterocycles. The quantitative estimate of drug-likeness (QED) is 0.407. The summed E-state index contributed by atoms with van der Waals surface area (Å²) in [5.41, 5.74) is 3.32. The molecule has 5 rings (SSSR count). The van der Waals surface area contributed by atoms with Crippen LogP contribution in [0.4, 0.5) is 5.13 Å². The highest BCUT2D eigenvalue weighted by Gasteiger charge is 2.47. The molecule has 0 saturated carbocycles. The number of methoxy groups -OCH3 is 1. The summed E-state index contributed by atoms with van der Waals surface area (Å²) in [5.74, 6) is -1.39. The number of thiazole rings is 1. The van der Waals surface area contributed by atoms with Gasteiger partial charge in [-0.15, -0.1) is 0 Å². The van der Waals surface area contributed by atoms with Crippen molar-refractivity contribution in [3.63, 3.8) is 0 Å². The fourth-order valence-corrected chi connectivity index (χ4v) is 5.39. The normalized spacial score (nSPS) is 16.2. The molecule has 1 unspecified atom stereocenters. The van der Waals surface area contributed by atoms with E-state index in [0.717, 1.165) is 21.3 Å². The topological polar surface area (TPSA) is 92.9 Å². The van der Waals surface area contributed by atoms with Crippen molar-refractivity contribution >= 4 is 38.4 Å². The number of Topliss-reactive ketones (excluding diaryl/α,β-unsaturated/α-hetero) is 1. The molecule has 2 aromatic carbocycles. The van der Waals surface area contributed by atoms with E-state index in [1.807, 2.05) is 26.0 Å². The molecule has 0 spiro atoms. The number of para-hydroxylation sites is 1. The van der Waals surface area contributed by atoms with E-state index in [2.05, 4.69) is 0 Å². The van der Waals surface area contributed by atoms with Crippen LogP contribution in [0.1, 0.15) is 33.3 Å². The number of aliphatic hydroxyl groups excluding tert-OH is 1. The molecule has 0 fully saturated rings. The van der Waals surface area contributed by atoms with Crippen LogP contribution in [0, 0.1) is 13.8 Å². The molecule has 0 saturated heterocycles. The second-order valence-corrected chi connectivity index (χ2v) is 8.82. The van der Waals surface area contributed by atoms with Gasteiger partial charge in [0.25, 0.3) is 5.91 Å². The zero-order chi connectivity index (χ0) is 23.3. The SMILES string of the molecule is COc1ccccc1C1C(C(=O)c2ccco2)=C(O)C(=O)N1c1nc2c(C)cc(C)cc2s1. The Morgan fingerprint density at radius 1 is 1.18 bits per heavy atom. The highest BCUT2D eigenvalue weighted by Crippen LogP contribution is 2.46. The van der Waals surface area contributed by atoms with Gasteiger partial charge in [0.05, 0.1) is 29.2 Å². The van der Waals surface area contributed by atoms with E-state index >= 15 is 0 Å². The van der Waals surface area contributed by atoms with Crippen molar-refractivity contribution in [2.75, 3.05) is 12.0 Å². The molecule has 1 N–H and O–H groups in total. The highest BCUT2D eigenvalue weighted by molar-refractivity contribution is 7.22. The van der Waals surface area contributed by atoms with Crippen molar-refractivity contribution in [1.29, 1.82) is 0 Å². The average Bonchev–Trinajstić information content (AvgIpc) is 3.52. The van der Waals surface area contributed by atoms with Crippen molar-refractivity contribution in [3.05, 3.63) is 88.6 Å². The Labute approximate surface area is 193 Å². The van der Waals surface area contributed by atoms with E-state index in [4.69, 9.17) is 14.1 Å². The van der Waals surface area contributed by atoms with Gasteiger partial charge in [0.1, 0.15) is 11.8 Å². The molecule has 1 amide bonds. The minimum atomic E-state index is -0.937. The van der Waals surface area contributed by atoms with Crippen molar-refractivity contribution in [3.8, 4) is 5.75 Å². The third-order valence-corrected chi connectivity index (χ3v) is 6.66. The summed E-state index contributed by atoms with van der Waals surface area (Å²) < 4.78 is 11.7. The van der Waals surface area contributed by atoms with Gasteiger partial charge in [-0.25, -0.2) is 4.98 Å². The predicted molar refractivity (Wildman–Crippen MR) is 125 cm³/mol. The van der Waals surface area contributed by atoms with Crippen LogP contribution in [0.15, 0.2) is 70.5 Å².